The summed E-state index contributed by atoms with van der Waals surface area (Å²) in [4.78, 5) is 36.8. The van der Waals surface area contributed by atoms with Crippen LogP contribution in [-0.4, -0.2) is 46.4 Å². The van der Waals surface area contributed by atoms with Crippen molar-refractivity contribution in [2.75, 3.05) is 18.0 Å². The van der Waals surface area contributed by atoms with Crippen LogP contribution in [0.1, 0.15) is 61.8 Å². The number of amides is 2. The number of pyridine rings is 1. The number of rotatable bonds is 4. The summed E-state index contributed by atoms with van der Waals surface area (Å²) in [6.45, 7) is 2.47. The molecular formula is C33H36Cl2N4O2S. The highest BCUT2D eigenvalue weighted by Gasteiger charge is 2.60. The summed E-state index contributed by atoms with van der Waals surface area (Å²) in [5, 5.41) is 4.66. The van der Waals surface area contributed by atoms with Crippen molar-refractivity contribution in [2.45, 2.75) is 75.9 Å². The Morgan fingerprint density at radius 2 is 1.83 bits per heavy atom. The predicted octanol–water partition coefficient (Wildman–Crippen LogP) is 6.61. The van der Waals surface area contributed by atoms with Crippen LogP contribution < -0.4 is 10.2 Å². The Bertz CT molecular complexity index is 1590. The minimum Gasteiger partial charge on any atom is -0.366 e. The molecule has 1 N–H and O–H groups in total. The zero-order valence-corrected chi connectivity index (χ0v) is 26.0. The fourth-order valence-corrected chi connectivity index (χ4v) is 10.9. The first-order chi connectivity index (χ1) is 20.0. The van der Waals surface area contributed by atoms with Crippen LogP contribution >= 0.6 is 35.3 Å². The summed E-state index contributed by atoms with van der Waals surface area (Å²) < 4.78 is 1.11. The largest absolute Gasteiger partial charge is 0.366 e. The molecule has 2 saturated heterocycles. The number of thiophene rings is 1. The molecule has 6 aliphatic rings. The molecule has 9 rings (SSSR count). The molecule has 6 nitrogen and oxygen atoms in total. The third kappa shape index (κ3) is 3.96. The van der Waals surface area contributed by atoms with Gasteiger partial charge in [-0.3, -0.25) is 19.5 Å². The van der Waals surface area contributed by atoms with Gasteiger partial charge in [-0.1, -0.05) is 11.6 Å². The molecule has 1 spiro atoms. The van der Waals surface area contributed by atoms with Crippen LogP contribution in [0.15, 0.2) is 30.5 Å². The molecule has 42 heavy (non-hydrogen) atoms. The molecular weight excluding hydrogens is 587 g/mol. The lowest BCUT2D eigenvalue weighted by Crippen LogP contribution is -2.46. The first kappa shape index (κ1) is 27.4. The van der Waals surface area contributed by atoms with Crippen LogP contribution in [0.25, 0.3) is 21.3 Å². The molecule has 5 atom stereocenters. The maximum absolute atomic E-state index is 13.4. The van der Waals surface area contributed by atoms with Gasteiger partial charge < -0.3 is 10.2 Å². The van der Waals surface area contributed by atoms with Crippen LogP contribution in [0.3, 0.4) is 0 Å². The Balaban J connectivity index is 0.00000267. The van der Waals surface area contributed by atoms with Crippen molar-refractivity contribution in [3.63, 3.8) is 0 Å². The van der Waals surface area contributed by atoms with Gasteiger partial charge in [0.1, 0.15) is 0 Å². The summed E-state index contributed by atoms with van der Waals surface area (Å²) in [5.41, 5.74) is 6.28. The number of imide groups is 1. The minimum atomic E-state index is -0.0718. The number of carbonyl (C=O) groups excluding carboxylic acids is 2. The number of nitrogens with zero attached hydrogens (tertiary/aromatic N) is 3. The lowest BCUT2D eigenvalue weighted by atomic mass is 9.75. The zero-order valence-electron chi connectivity index (χ0n) is 23.6. The van der Waals surface area contributed by atoms with Crippen LogP contribution in [0, 0.1) is 23.7 Å². The van der Waals surface area contributed by atoms with Gasteiger partial charge in [-0.05, 0) is 99.5 Å². The van der Waals surface area contributed by atoms with Crippen molar-refractivity contribution in [3.05, 3.63) is 45.9 Å². The number of aromatic nitrogens is 1. The van der Waals surface area contributed by atoms with Crippen molar-refractivity contribution < 1.29 is 9.59 Å². The number of halogens is 2. The van der Waals surface area contributed by atoms with E-state index in [-0.39, 0.29) is 36.1 Å². The third-order valence-corrected chi connectivity index (χ3v) is 12.8. The van der Waals surface area contributed by atoms with E-state index < -0.39 is 0 Å². The van der Waals surface area contributed by atoms with Gasteiger partial charge in [0.2, 0.25) is 11.8 Å². The Morgan fingerprint density at radius 1 is 1.05 bits per heavy atom. The number of likely N-dealkylation sites (tertiary alicyclic amines) is 1. The number of carbonyl (C=O) groups is 2. The number of nitrogens with one attached hydrogen (secondary N) is 1. The van der Waals surface area contributed by atoms with Crippen molar-refractivity contribution >= 4 is 63.1 Å². The van der Waals surface area contributed by atoms with Gasteiger partial charge in [-0.25, -0.2) is 0 Å². The lowest BCUT2D eigenvalue weighted by Gasteiger charge is -2.41. The van der Waals surface area contributed by atoms with E-state index in [0.717, 1.165) is 70.9 Å². The highest BCUT2D eigenvalue weighted by molar-refractivity contribution is 7.19. The van der Waals surface area contributed by atoms with Gasteiger partial charge in [0.25, 0.3) is 0 Å². The van der Waals surface area contributed by atoms with E-state index in [2.05, 4.69) is 34.5 Å². The Labute approximate surface area is 261 Å². The molecule has 9 heteroatoms. The lowest BCUT2D eigenvalue weighted by molar-refractivity contribution is -0.141. The molecule has 1 aromatic carbocycles. The first-order valence-electron chi connectivity index (χ1n) is 15.6. The molecule has 0 unspecified atom stereocenters. The molecule has 0 radical (unpaired) electrons. The van der Waals surface area contributed by atoms with Gasteiger partial charge in [0.05, 0.1) is 28.6 Å². The first-order valence-corrected chi connectivity index (χ1v) is 16.7. The second kappa shape index (κ2) is 9.91. The van der Waals surface area contributed by atoms with Crippen molar-refractivity contribution in [3.8, 4) is 11.1 Å². The zero-order chi connectivity index (χ0) is 27.5. The highest BCUT2D eigenvalue weighted by atomic mass is 35.5. The van der Waals surface area contributed by atoms with E-state index in [9.17, 15) is 9.59 Å². The van der Waals surface area contributed by atoms with Gasteiger partial charge in [0, 0.05) is 57.6 Å². The molecule has 3 aliphatic carbocycles. The van der Waals surface area contributed by atoms with Gasteiger partial charge >= 0.3 is 0 Å². The smallest absolute Gasteiger partial charge is 0.233 e. The number of benzene rings is 1. The van der Waals surface area contributed by atoms with E-state index in [1.807, 2.05) is 6.20 Å². The number of anilines is 1. The molecule has 2 amide bonds. The van der Waals surface area contributed by atoms with Gasteiger partial charge in [0.15, 0.2) is 0 Å². The highest BCUT2D eigenvalue weighted by Crippen LogP contribution is 2.56. The molecule has 3 aromatic rings. The minimum absolute atomic E-state index is 0. The standard InChI is InChI=1S/C33H35ClN4O2S.ClH/c34-21-12-20-3-1-10-37(22-15-33(36-16-22)7-2-8-33)29(20)25(13-21)24-6-9-35-26-14-23(41-30(24)26)17-38-31(39)27-18-4-5-19(11-18)28(27)32(38)40;/h6,9,12-14,18-19,22,27-28,36H,1-5,7-8,10-11,15-17H2;1H/t18-,19+,22-,27+,28-;/m0./s1. The van der Waals surface area contributed by atoms with Crippen LogP contribution in [0.4, 0.5) is 5.69 Å². The topological polar surface area (TPSA) is 65.5 Å². The van der Waals surface area contributed by atoms with Gasteiger partial charge in [-0.2, -0.15) is 0 Å². The predicted molar refractivity (Wildman–Crippen MR) is 169 cm³/mol. The molecule has 5 heterocycles. The molecule has 220 valence electrons. The van der Waals surface area contributed by atoms with Crippen molar-refractivity contribution in [2.24, 2.45) is 23.7 Å². The van der Waals surface area contributed by atoms with Crippen LogP contribution in [0.5, 0.6) is 0 Å². The maximum atomic E-state index is 13.4. The van der Waals surface area contributed by atoms with E-state index in [0.29, 0.717) is 30.0 Å². The molecule has 5 fully saturated rings. The number of aryl methyl sites for hydroxylation is 1. The second-order valence-electron chi connectivity index (χ2n) is 13.6. The van der Waals surface area contributed by atoms with Crippen molar-refractivity contribution in [1.29, 1.82) is 0 Å². The van der Waals surface area contributed by atoms with Crippen LogP contribution in [0.2, 0.25) is 5.02 Å². The number of hydrogen-bond acceptors (Lipinski definition) is 6. The summed E-state index contributed by atoms with van der Waals surface area (Å²) in [6.07, 6.45) is 12.5. The average Bonchev–Trinajstić information content (AvgIpc) is 3.77. The molecule has 3 aliphatic heterocycles. The average molecular weight is 624 g/mol. The third-order valence-electron chi connectivity index (χ3n) is 11.5. The normalized spacial score (nSPS) is 30.6. The maximum Gasteiger partial charge on any atom is 0.233 e. The number of fused-ring (bicyclic) bond motifs is 7. The van der Waals surface area contributed by atoms with Crippen molar-refractivity contribution in [1.82, 2.24) is 15.2 Å². The van der Waals surface area contributed by atoms with E-state index in [1.165, 1.54) is 42.5 Å². The second-order valence-corrected chi connectivity index (χ2v) is 15.1. The fourth-order valence-electron chi connectivity index (χ4n) is 9.50. The van der Waals surface area contributed by atoms with E-state index in [4.69, 9.17) is 16.6 Å². The Kier molecular flexibility index (Phi) is 6.46. The SMILES string of the molecule is Cl.O=C1[C@@H]2[C@H]3CC[C@H](C3)[C@@H]2C(=O)N1Cc1cc2nccc(-c3cc(Cl)cc4c3N([C@@H]3CNC5(CCC5)C3)CCC4)c2s1. The molecule has 2 bridgehead atoms. The quantitative estimate of drug-likeness (QED) is 0.332. The number of hydrogen-bond donors (Lipinski definition) is 1. The molecule has 3 saturated carbocycles. The summed E-state index contributed by atoms with van der Waals surface area (Å²) >= 11 is 8.44. The summed E-state index contributed by atoms with van der Waals surface area (Å²) in [7, 11) is 0. The summed E-state index contributed by atoms with van der Waals surface area (Å²) in [6, 6.07) is 9.01. The Morgan fingerprint density at radius 3 is 2.55 bits per heavy atom. The van der Waals surface area contributed by atoms with Gasteiger partial charge in [-0.15, -0.1) is 23.7 Å². The van der Waals surface area contributed by atoms with Crippen LogP contribution in [-0.2, 0) is 22.6 Å². The summed E-state index contributed by atoms with van der Waals surface area (Å²) in [5.74, 6) is 0.801. The molecule has 2 aromatic heterocycles. The van der Waals surface area contributed by atoms with E-state index in [1.54, 1.807) is 16.2 Å². The monoisotopic (exact) mass is 622 g/mol. The van der Waals surface area contributed by atoms with E-state index >= 15 is 0 Å². The Hall–Kier alpha value is -2.19. The fraction of sp³-hybridized carbons (Fsp3) is 0.545.